The molecule has 2 aliphatic rings. The van der Waals surface area contributed by atoms with Gasteiger partial charge in [0, 0.05) is 19.6 Å². The highest BCUT2D eigenvalue weighted by atomic mass is 32.2. The van der Waals surface area contributed by atoms with Crippen molar-refractivity contribution in [3.05, 3.63) is 53.3 Å². The molecule has 2 heterocycles. The number of hydrogen-bond donors (Lipinski definition) is 3. The topological polar surface area (TPSA) is 127 Å². The van der Waals surface area contributed by atoms with Crippen LogP contribution in [0.5, 0.6) is 0 Å². The zero-order valence-corrected chi connectivity index (χ0v) is 22.6. The van der Waals surface area contributed by atoms with E-state index in [1.54, 1.807) is 13.0 Å². The fourth-order valence-electron chi connectivity index (χ4n) is 4.85. The molecule has 9 nitrogen and oxygen atoms in total. The Morgan fingerprint density at radius 1 is 1.02 bits per heavy atom. The molecular weight excluding hydrogens is 558 g/mol. The molecule has 1 unspecified atom stereocenters. The summed E-state index contributed by atoms with van der Waals surface area (Å²) >= 11 is 0. The molecule has 2 aliphatic heterocycles. The van der Waals surface area contributed by atoms with E-state index in [4.69, 9.17) is 9.90 Å². The summed E-state index contributed by atoms with van der Waals surface area (Å²) in [6.45, 7) is 6.40. The molecule has 14 heteroatoms. The number of carbonyl (C=O) groups is 2. The molecule has 2 fully saturated rings. The molecule has 0 aliphatic carbocycles. The predicted octanol–water partition coefficient (Wildman–Crippen LogP) is 4.58. The van der Waals surface area contributed by atoms with Gasteiger partial charge in [-0.1, -0.05) is 6.07 Å². The van der Waals surface area contributed by atoms with Crippen LogP contribution in [0.2, 0.25) is 0 Å². The number of halogens is 4. The van der Waals surface area contributed by atoms with Gasteiger partial charge in [-0.2, -0.15) is 13.2 Å². The third-order valence-electron chi connectivity index (χ3n) is 6.74. The summed E-state index contributed by atoms with van der Waals surface area (Å²) in [5, 5.41) is 16.6. The minimum Gasteiger partial charge on any atom is -0.478 e. The van der Waals surface area contributed by atoms with Crippen molar-refractivity contribution in [2.75, 3.05) is 42.3 Å². The summed E-state index contributed by atoms with van der Waals surface area (Å²) in [5.41, 5.74) is 1.23. The Kier molecular flexibility index (Phi) is 10.0. The fourth-order valence-corrected chi connectivity index (χ4v) is 6.18. The average Bonchev–Trinajstić information content (AvgIpc) is 3.38. The number of anilines is 2. The standard InChI is InChI=1S/C24H30FN3O4S.C2HF3O2/c1-17-6-8-20(25)14-23(17)33(31,32)26-21-13-19(24(29)30)7-9-22(21)28-12-4-5-18(16-28)15-27-10-2-3-11-27;3-2(4,5)1(6)7/h6-9,13-14,18,26H,2-5,10-12,15-16H2,1H3,(H,29,30);(H,6,7). The Labute approximate surface area is 229 Å². The third-order valence-corrected chi connectivity index (χ3v) is 8.25. The zero-order valence-electron chi connectivity index (χ0n) is 21.7. The number of likely N-dealkylation sites (tertiary alicyclic amines) is 1. The van der Waals surface area contributed by atoms with Crippen molar-refractivity contribution in [2.24, 2.45) is 5.92 Å². The fraction of sp³-hybridized carbons (Fsp3) is 0.462. The number of hydrogen-bond acceptors (Lipinski definition) is 6. The highest BCUT2D eigenvalue weighted by Crippen LogP contribution is 2.33. The Balaban J connectivity index is 0.000000559. The van der Waals surface area contributed by atoms with Gasteiger partial charge in [-0.05, 0) is 87.5 Å². The molecule has 2 aromatic rings. The number of piperidine rings is 1. The Morgan fingerprint density at radius 3 is 2.27 bits per heavy atom. The van der Waals surface area contributed by atoms with Crippen molar-refractivity contribution >= 4 is 33.3 Å². The number of rotatable bonds is 7. The summed E-state index contributed by atoms with van der Waals surface area (Å²) in [7, 11) is -4.12. The Hall–Kier alpha value is -3.39. The SMILES string of the molecule is Cc1ccc(F)cc1S(=O)(=O)Nc1cc(C(=O)O)ccc1N1CCCC(CN2CCCC2)C1.O=C(O)C(F)(F)F. The van der Waals surface area contributed by atoms with Crippen molar-refractivity contribution in [3.63, 3.8) is 0 Å². The molecule has 220 valence electrons. The van der Waals surface area contributed by atoms with Gasteiger partial charge >= 0.3 is 18.1 Å². The Morgan fingerprint density at radius 2 is 1.68 bits per heavy atom. The van der Waals surface area contributed by atoms with Gasteiger partial charge in [0.1, 0.15) is 5.82 Å². The molecule has 40 heavy (non-hydrogen) atoms. The lowest BCUT2D eigenvalue weighted by molar-refractivity contribution is -0.192. The quantitative estimate of drug-likeness (QED) is 0.401. The lowest BCUT2D eigenvalue weighted by Crippen LogP contribution is -2.40. The molecule has 0 saturated carbocycles. The maximum absolute atomic E-state index is 13.8. The second kappa shape index (κ2) is 12.9. The number of aromatic carboxylic acids is 1. The van der Waals surface area contributed by atoms with Crippen molar-refractivity contribution in [3.8, 4) is 0 Å². The van der Waals surface area contributed by atoms with Crippen LogP contribution >= 0.6 is 0 Å². The number of carboxylic acid groups (broad SMARTS) is 2. The molecule has 1 atom stereocenters. The van der Waals surface area contributed by atoms with Gasteiger partial charge < -0.3 is 20.0 Å². The third kappa shape index (κ3) is 8.31. The van der Waals surface area contributed by atoms with Crippen molar-refractivity contribution in [1.29, 1.82) is 0 Å². The number of nitrogens with one attached hydrogen (secondary N) is 1. The van der Waals surface area contributed by atoms with E-state index in [-0.39, 0.29) is 16.1 Å². The molecule has 0 bridgehead atoms. The lowest BCUT2D eigenvalue weighted by Gasteiger charge is -2.37. The van der Waals surface area contributed by atoms with E-state index in [9.17, 15) is 35.9 Å². The monoisotopic (exact) mass is 589 g/mol. The first kappa shape index (κ1) is 31.1. The van der Waals surface area contributed by atoms with Crippen molar-refractivity contribution in [2.45, 2.75) is 43.7 Å². The number of aryl methyl sites for hydroxylation is 1. The van der Waals surface area contributed by atoms with Gasteiger partial charge in [-0.3, -0.25) is 4.72 Å². The van der Waals surface area contributed by atoms with Crippen LogP contribution in [0.15, 0.2) is 41.3 Å². The molecule has 0 amide bonds. The smallest absolute Gasteiger partial charge is 0.478 e. The second-order valence-electron chi connectivity index (χ2n) is 9.82. The number of carboxylic acids is 2. The van der Waals surface area contributed by atoms with E-state index >= 15 is 0 Å². The van der Waals surface area contributed by atoms with E-state index in [2.05, 4.69) is 14.5 Å². The van der Waals surface area contributed by atoms with Crippen LogP contribution in [0.3, 0.4) is 0 Å². The number of aliphatic carboxylic acids is 1. The maximum atomic E-state index is 13.8. The largest absolute Gasteiger partial charge is 0.490 e. The number of alkyl halides is 3. The van der Waals surface area contributed by atoms with Crippen LogP contribution in [0.1, 0.15) is 41.6 Å². The number of nitrogens with zero attached hydrogens (tertiary/aromatic N) is 2. The molecule has 0 radical (unpaired) electrons. The summed E-state index contributed by atoms with van der Waals surface area (Å²) in [5.74, 6) is -4.09. The van der Waals surface area contributed by atoms with Gasteiger partial charge in [0.2, 0.25) is 0 Å². The van der Waals surface area contributed by atoms with E-state index in [1.807, 2.05) is 0 Å². The van der Waals surface area contributed by atoms with Crippen molar-refractivity contribution < 1.29 is 45.8 Å². The Bertz CT molecular complexity index is 1330. The van der Waals surface area contributed by atoms with Gasteiger partial charge in [0.15, 0.2) is 0 Å². The molecule has 0 aromatic heterocycles. The van der Waals surface area contributed by atoms with E-state index in [0.29, 0.717) is 17.2 Å². The summed E-state index contributed by atoms with van der Waals surface area (Å²) in [6.07, 6.45) is -0.519. The minimum atomic E-state index is -5.08. The van der Waals surface area contributed by atoms with Gasteiger partial charge in [0.25, 0.3) is 10.0 Å². The number of sulfonamides is 1. The van der Waals surface area contributed by atoms with Crippen LogP contribution in [0, 0.1) is 18.7 Å². The molecule has 0 spiro atoms. The van der Waals surface area contributed by atoms with Gasteiger partial charge in [-0.15, -0.1) is 0 Å². The van der Waals surface area contributed by atoms with Crippen LogP contribution in [0.25, 0.3) is 0 Å². The maximum Gasteiger partial charge on any atom is 0.490 e. The van der Waals surface area contributed by atoms with E-state index in [1.165, 1.54) is 37.1 Å². The normalized spacial score (nSPS) is 18.1. The molecular formula is C26H31F4N3O6S. The average molecular weight is 590 g/mol. The molecule has 4 rings (SSSR count). The van der Waals surface area contributed by atoms with Gasteiger partial charge in [-0.25, -0.2) is 22.4 Å². The van der Waals surface area contributed by atoms with Crippen LogP contribution < -0.4 is 9.62 Å². The first-order valence-corrected chi connectivity index (χ1v) is 14.1. The summed E-state index contributed by atoms with van der Waals surface area (Å²) in [6, 6.07) is 8.09. The van der Waals surface area contributed by atoms with E-state index in [0.717, 1.165) is 51.6 Å². The highest BCUT2D eigenvalue weighted by Gasteiger charge is 2.38. The molecule has 2 aromatic carbocycles. The first-order valence-electron chi connectivity index (χ1n) is 12.6. The second-order valence-corrected chi connectivity index (χ2v) is 11.5. The zero-order chi connectivity index (χ0) is 29.7. The molecule has 2 saturated heterocycles. The van der Waals surface area contributed by atoms with Crippen molar-refractivity contribution in [1.82, 2.24) is 4.90 Å². The highest BCUT2D eigenvalue weighted by molar-refractivity contribution is 7.92. The van der Waals surface area contributed by atoms with Crippen LogP contribution in [0.4, 0.5) is 28.9 Å². The summed E-state index contributed by atoms with van der Waals surface area (Å²) in [4.78, 5) is 24.9. The first-order chi connectivity index (χ1) is 18.7. The summed E-state index contributed by atoms with van der Waals surface area (Å²) < 4.78 is 74.3. The lowest BCUT2D eigenvalue weighted by atomic mass is 9.96. The predicted molar refractivity (Wildman–Crippen MR) is 140 cm³/mol. The van der Waals surface area contributed by atoms with Gasteiger partial charge in [0.05, 0.1) is 21.8 Å². The van der Waals surface area contributed by atoms with Crippen LogP contribution in [-0.2, 0) is 14.8 Å². The number of benzene rings is 2. The van der Waals surface area contributed by atoms with E-state index < -0.39 is 34.0 Å². The van der Waals surface area contributed by atoms with Crippen LogP contribution in [-0.4, -0.2) is 74.4 Å². The minimum absolute atomic E-state index is 0.0157. The molecule has 3 N–H and O–H groups in total.